The van der Waals surface area contributed by atoms with Gasteiger partial charge in [-0.3, -0.25) is 4.99 Å². The summed E-state index contributed by atoms with van der Waals surface area (Å²) in [5.74, 6) is 0.472. The lowest BCUT2D eigenvalue weighted by Gasteiger charge is -2.27. The van der Waals surface area contributed by atoms with Gasteiger partial charge in [-0.1, -0.05) is 73.4 Å². The fourth-order valence-electron chi connectivity index (χ4n) is 4.00. The van der Waals surface area contributed by atoms with E-state index in [0.29, 0.717) is 28.8 Å². The molecule has 0 amide bonds. The standard InChI is InChI=1S/C28H36Cl2N4O2S/c1-3-34(4-2)19-26(22-12-13-24(29)25(30)17-22)32-14-16-37-27-23(18-31-20-33-27)28(35)36-15-8-11-21-9-6-5-7-10-21/h5-7,9-10,12-13,17,20,26,32H,3-4,8,11,14-16,18-19H2,1-2H3,(H,31,33). The smallest absolute Gasteiger partial charge is 0.338 e. The summed E-state index contributed by atoms with van der Waals surface area (Å²) in [6.45, 7) is 8.59. The number of thioether (sulfide) groups is 1. The number of likely N-dealkylation sites (N-methyl/N-ethyl adjacent to an activating group) is 1. The van der Waals surface area contributed by atoms with E-state index in [2.05, 4.69) is 46.5 Å². The van der Waals surface area contributed by atoms with Crippen LogP contribution in [0.5, 0.6) is 0 Å². The van der Waals surface area contributed by atoms with Crippen molar-refractivity contribution in [3.63, 3.8) is 0 Å². The van der Waals surface area contributed by atoms with Crippen LogP contribution in [-0.4, -0.2) is 62.3 Å². The van der Waals surface area contributed by atoms with Crippen molar-refractivity contribution in [1.29, 1.82) is 0 Å². The zero-order valence-corrected chi connectivity index (χ0v) is 23.8. The van der Waals surface area contributed by atoms with Gasteiger partial charge in [0.25, 0.3) is 0 Å². The Bertz CT molecular complexity index is 1060. The zero-order chi connectivity index (χ0) is 26.5. The van der Waals surface area contributed by atoms with Crippen molar-refractivity contribution in [2.75, 3.05) is 45.1 Å². The van der Waals surface area contributed by atoms with Gasteiger partial charge in [0.15, 0.2) is 0 Å². The van der Waals surface area contributed by atoms with Gasteiger partial charge in [0.05, 0.1) is 40.1 Å². The molecule has 0 spiro atoms. The molecule has 0 saturated carbocycles. The Balaban J connectivity index is 1.52. The predicted molar refractivity (Wildman–Crippen MR) is 157 cm³/mol. The maximum absolute atomic E-state index is 12.7. The van der Waals surface area contributed by atoms with Crippen LogP contribution in [-0.2, 0) is 16.0 Å². The summed E-state index contributed by atoms with van der Waals surface area (Å²) in [6.07, 6.45) is 3.31. The van der Waals surface area contributed by atoms with E-state index >= 15 is 0 Å². The summed E-state index contributed by atoms with van der Waals surface area (Å²) in [6, 6.07) is 16.1. The summed E-state index contributed by atoms with van der Waals surface area (Å²) < 4.78 is 5.56. The van der Waals surface area contributed by atoms with Gasteiger partial charge < -0.3 is 20.3 Å². The number of hydrogen-bond donors (Lipinski definition) is 2. The Kier molecular flexibility index (Phi) is 12.8. The SMILES string of the molecule is CCN(CC)CC(NCCSC1=C(C(=O)OCCCc2ccccc2)CN=CN1)c1ccc(Cl)c(Cl)c1. The van der Waals surface area contributed by atoms with E-state index in [-0.39, 0.29) is 12.0 Å². The van der Waals surface area contributed by atoms with E-state index in [1.165, 1.54) is 5.56 Å². The van der Waals surface area contributed by atoms with Gasteiger partial charge in [0, 0.05) is 24.9 Å². The maximum Gasteiger partial charge on any atom is 0.338 e. The number of carbonyl (C=O) groups excluding carboxylic acids is 1. The molecule has 200 valence electrons. The van der Waals surface area contributed by atoms with E-state index in [4.69, 9.17) is 27.9 Å². The van der Waals surface area contributed by atoms with E-state index < -0.39 is 0 Å². The molecule has 0 aliphatic carbocycles. The van der Waals surface area contributed by atoms with Gasteiger partial charge in [-0.15, -0.1) is 11.8 Å². The number of carbonyl (C=O) groups is 1. The number of nitrogens with zero attached hydrogens (tertiary/aromatic N) is 2. The Morgan fingerprint density at radius 1 is 1.16 bits per heavy atom. The maximum atomic E-state index is 12.7. The number of benzene rings is 2. The van der Waals surface area contributed by atoms with Crippen molar-refractivity contribution >= 4 is 47.3 Å². The summed E-state index contributed by atoms with van der Waals surface area (Å²) in [4.78, 5) is 19.3. The molecular formula is C28H36Cl2N4O2S. The average Bonchev–Trinajstić information content (AvgIpc) is 2.93. The van der Waals surface area contributed by atoms with Gasteiger partial charge in [-0.05, 0) is 49.2 Å². The van der Waals surface area contributed by atoms with Crippen LogP contribution in [0.3, 0.4) is 0 Å². The van der Waals surface area contributed by atoms with Crippen molar-refractivity contribution in [2.24, 2.45) is 4.99 Å². The molecule has 1 aliphatic heterocycles. The van der Waals surface area contributed by atoms with Gasteiger partial charge in [-0.25, -0.2) is 4.79 Å². The molecule has 2 N–H and O–H groups in total. The number of halogens is 2. The van der Waals surface area contributed by atoms with Crippen molar-refractivity contribution in [3.8, 4) is 0 Å². The highest BCUT2D eigenvalue weighted by Gasteiger charge is 2.20. The minimum Gasteiger partial charge on any atom is -0.462 e. The third-order valence-corrected chi connectivity index (χ3v) is 7.96. The third-order valence-electron chi connectivity index (χ3n) is 6.16. The number of hydrogen-bond acceptors (Lipinski definition) is 7. The molecule has 3 rings (SSSR count). The molecule has 6 nitrogen and oxygen atoms in total. The number of ether oxygens (including phenoxy) is 1. The molecule has 0 aromatic heterocycles. The second-order valence-corrected chi connectivity index (χ2v) is 10.6. The molecule has 0 fully saturated rings. The van der Waals surface area contributed by atoms with Crippen molar-refractivity contribution in [2.45, 2.75) is 32.7 Å². The lowest BCUT2D eigenvalue weighted by Crippen LogP contribution is -2.36. The number of nitrogens with one attached hydrogen (secondary N) is 2. The molecule has 1 unspecified atom stereocenters. The van der Waals surface area contributed by atoms with Crippen LogP contribution in [0.15, 0.2) is 64.1 Å². The topological polar surface area (TPSA) is 66.0 Å². The minimum absolute atomic E-state index is 0.110. The van der Waals surface area contributed by atoms with Crippen molar-refractivity contribution < 1.29 is 9.53 Å². The fraction of sp³-hybridized carbons (Fsp3) is 0.429. The summed E-state index contributed by atoms with van der Waals surface area (Å²) in [5.41, 5.74) is 2.93. The molecule has 37 heavy (non-hydrogen) atoms. The minimum atomic E-state index is -0.303. The third kappa shape index (κ3) is 9.65. The second kappa shape index (κ2) is 16.0. The van der Waals surface area contributed by atoms with Gasteiger partial charge in [0.1, 0.15) is 0 Å². The molecule has 0 radical (unpaired) electrons. The van der Waals surface area contributed by atoms with Crippen LogP contribution in [0, 0.1) is 0 Å². The van der Waals surface area contributed by atoms with Gasteiger partial charge in [-0.2, -0.15) is 0 Å². The lowest BCUT2D eigenvalue weighted by atomic mass is 10.1. The molecule has 9 heteroatoms. The van der Waals surface area contributed by atoms with Crippen LogP contribution >= 0.6 is 35.0 Å². The number of esters is 1. The lowest BCUT2D eigenvalue weighted by molar-refractivity contribution is -0.139. The van der Waals surface area contributed by atoms with Gasteiger partial charge >= 0.3 is 5.97 Å². The Morgan fingerprint density at radius 2 is 1.95 bits per heavy atom. The average molecular weight is 564 g/mol. The quantitative estimate of drug-likeness (QED) is 0.214. The Labute approximate surface area is 234 Å². The Hall–Kier alpha value is -2.03. The fourth-order valence-corrected chi connectivity index (χ4v) is 5.19. The highest BCUT2D eigenvalue weighted by Crippen LogP contribution is 2.26. The molecular weight excluding hydrogens is 527 g/mol. The molecule has 1 atom stereocenters. The first kappa shape index (κ1) is 29.5. The molecule has 0 saturated heterocycles. The van der Waals surface area contributed by atoms with Crippen molar-refractivity contribution in [3.05, 3.63) is 80.3 Å². The normalized spacial score (nSPS) is 14.1. The van der Waals surface area contributed by atoms with Crippen LogP contribution in [0.2, 0.25) is 10.0 Å². The van der Waals surface area contributed by atoms with Crippen LogP contribution in [0.1, 0.15) is 37.4 Å². The van der Waals surface area contributed by atoms with Gasteiger partial charge in [0.2, 0.25) is 0 Å². The van der Waals surface area contributed by atoms with Crippen LogP contribution in [0.25, 0.3) is 0 Å². The van der Waals surface area contributed by atoms with E-state index in [0.717, 1.165) is 55.4 Å². The van der Waals surface area contributed by atoms with E-state index in [1.807, 2.05) is 36.4 Å². The molecule has 1 heterocycles. The summed E-state index contributed by atoms with van der Waals surface area (Å²) in [5, 5.41) is 8.71. The van der Waals surface area contributed by atoms with Crippen molar-refractivity contribution in [1.82, 2.24) is 15.5 Å². The second-order valence-electron chi connectivity index (χ2n) is 8.66. The van der Waals surface area contributed by atoms with E-state index in [9.17, 15) is 4.79 Å². The summed E-state index contributed by atoms with van der Waals surface area (Å²) >= 11 is 14.0. The molecule has 0 bridgehead atoms. The highest BCUT2D eigenvalue weighted by atomic mass is 35.5. The molecule has 2 aromatic rings. The highest BCUT2D eigenvalue weighted by molar-refractivity contribution is 8.03. The zero-order valence-electron chi connectivity index (χ0n) is 21.5. The number of rotatable bonds is 15. The first-order chi connectivity index (χ1) is 18.0. The number of aliphatic imine (C=N–C) groups is 1. The Morgan fingerprint density at radius 3 is 2.68 bits per heavy atom. The van der Waals surface area contributed by atoms with Crippen LogP contribution < -0.4 is 10.6 Å². The summed E-state index contributed by atoms with van der Waals surface area (Å²) in [7, 11) is 0. The molecule has 2 aromatic carbocycles. The van der Waals surface area contributed by atoms with E-state index in [1.54, 1.807) is 18.1 Å². The first-order valence-corrected chi connectivity index (χ1v) is 14.5. The first-order valence-electron chi connectivity index (χ1n) is 12.7. The predicted octanol–water partition coefficient (Wildman–Crippen LogP) is 5.72. The largest absolute Gasteiger partial charge is 0.462 e. The monoisotopic (exact) mass is 562 g/mol. The van der Waals surface area contributed by atoms with Crippen LogP contribution in [0.4, 0.5) is 0 Å². The number of aryl methyl sites for hydroxylation is 1. The molecule has 1 aliphatic rings.